The fourth-order valence-corrected chi connectivity index (χ4v) is 18.2. The highest BCUT2D eigenvalue weighted by Gasteiger charge is 2.49. The Kier molecular flexibility index (Phi) is 24.9. The van der Waals surface area contributed by atoms with Gasteiger partial charge < -0.3 is 57.5 Å². The number of nitrogens with zero attached hydrogens (tertiary/aromatic N) is 8. The number of halogens is 8. The van der Waals surface area contributed by atoms with Crippen LogP contribution in [0.1, 0.15) is 177 Å². The summed E-state index contributed by atoms with van der Waals surface area (Å²) in [7, 11) is 2.55. The van der Waals surface area contributed by atoms with Crippen molar-refractivity contribution in [3.63, 3.8) is 0 Å². The molecule has 6 bridgehead atoms. The van der Waals surface area contributed by atoms with Gasteiger partial charge in [0.25, 0.3) is 0 Å². The minimum atomic E-state index is -1.04. The van der Waals surface area contributed by atoms with E-state index < -0.39 is 23.7 Å². The highest BCUT2D eigenvalue weighted by molar-refractivity contribution is 14.0. The van der Waals surface area contributed by atoms with Crippen LogP contribution in [0, 0.1) is 57.6 Å². The highest BCUT2D eigenvalue weighted by atomic mass is 127. The smallest absolute Gasteiger partial charge is 0.337 e. The van der Waals surface area contributed by atoms with E-state index in [1.807, 2.05) is 30.3 Å². The second kappa shape index (κ2) is 34.8. The third kappa shape index (κ3) is 16.9. The van der Waals surface area contributed by atoms with Crippen molar-refractivity contribution in [1.29, 1.82) is 15.8 Å². The zero-order valence-corrected chi connectivity index (χ0v) is 67.5. The first-order chi connectivity index (χ1) is 53.8. The Hall–Kier alpha value is -8.33. The highest BCUT2D eigenvalue weighted by Crippen LogP contribution is 2.52. The number of anilines is 2. The molecule has 9 fully saturated rings. The Bertz CT molecular complexity index is 5140. The molecule has 9 aliphatic rings. The van der Waals surface area contributed by atoms with Gasteiger partial charge in [0.05, 0.1) is 127 Å². The molecule has 0 spiro atoms. The standard InChI is InChI=1S/C28H25Cl2N3O4.C27H23Cl2N3O4.C19H20Cl2N2O2.C9H6FNO2.HI/c1-35-28(34)16-7-8-23(17(9-16)12-31)33-13-18-10-19(33)11-24(18)36-14-20-26(32-37-27(20)15-5-6-15)25-21(29)3-2-4-22(25)30;28-20-2-1-3-21(29)24(20)25-19(26(36-31-25)14-4-5-14)13-35-23-10-18-9-17(23)12-32(18)22-7-6-15(27(33)34)8-16(22)11-30;20-14-2-1-3-15(21)17(14)18-13(19(25-23-18)10-4-5-10)9-24-16-7-12-6-11(16)8-22-12;1-13-9(12)6-2-3-8(10)7(4-6)5-11;/h2-4,7-9,15,18-19,24H,5-6,10-11,13-14H2,1H3;1-3,6-8,14,17-18,23H,4-5,9-10,12-13H2,(H,33,34);1-3,10-12,16,22H,4-9H2;2-4H,1H3;1H/t18-,19-,24+;17-,18-,23+;11-,12-,16+;;/m000../s1. The zero-order valence-electron chi connectivity index (χ0n) is 60.6. The van der Waals surface area contributed by atoms with E-state index in [4.69, 9.17) is 107 Å². The lowest BCUT2D eigenvalue weighted by Crippen LogP contribution is -2.39. The molecule has 21 nitrogen and oxygen atoms in total. The number of piperidine rings is 3. The van der Waals surface area contributed by atoms with Gasteiger partial charge in [-0.15, -0.1) is 24.0 Å². The molecule has 580 valence electrons. The third-order valence-corrected chi connectivity index (χ3v) is 24.4. The molecular weight excluding hydrogens is 1670 g/mol. The van der Waals surface area contributed by atoms with Gasteiger partial charge in [-0.05, 0) is 174 Å². The number of nitriles is 3. The van der Waals surface area contributed by atoms with E-state index in [0.717, 1.165) is 159 Å². The van der Waals surface area contributed by atoms with Crippen molar-refractivity contribution in [3.05, 3.63) is 212 Å². The van der Waals surface area contributed by atoms with Gasteiger partial charge in [-0.2, -0.15) is 15.8 Å². The first-order valence-electron chi connectivity index (χ1n) is 36.9. The molecule has 3 aromatic heterocycles. The van der Waals surface area contributed by atoms with Gasteiger partial charge in [-0.3, -0.25) is 0 Å². The van der Waals surface area contributed by atoms with Crippen LogP contribution < -0.4 is 15.1 Å². The molecule has 6 heterocycles. The number of carboxylic acids is 1. The number of fused-ring (bicyclic) bond motifs is 6. The maximum Gasteiger partial charge on any atom is 0.337 e. The van der Waals surface area contributed by atoms with E-state index in [1.165, 1.54) is 32.8 Å². The number of aromatic nitrogens is 3. The number of hydrogen-bond acceptors (Lipinski definition) is 20. The summed E-state index contributed by atoms with van der Waals surface area (Å²) < 4.78 is 58.5. The maximum absolute atomic E-state index is 12.8. The SMILES string of the molecule is COC(=O)c1ccc(F)c(C#N)c1.COC(=O)c1ccc(N2C[C@@H]3C[C@H]2C[C@H]3OCc2c(-c3c(Cl)cccc3Cl)noc2C2CC2)c(C#N)c1.Clc1cccc(Cl)c1-c1noc(C2CC2)c1CO[C@@H]1C[C@@H]2C[C@H]1CN2.I.N#Cc1cc(C(=O)O)ccc1N1C[C@@H]2C[C@H]1C[C@H]2OCc1c(-c2c(Cl)cccc2Cl)noc1C1CC1. The summed E-state index contributed by atoms with van der Waals surface area (Å²) in [5, 5.41) is 56.9. The average molecular weight is 1750 g/mol. The molecule has 9 atom stereocenters. The van der Waals surface area contributed by atoms with Crippen molar-refractivity contribution < 1.29 is 61.1 Å². The average Bonchev–Trinajstić information content (AvgIpc) is 1.62. The normalized spacial score (nSPS) is 22.0. The van der Waals surface area contributed by atoms with E-state index in [9.17, 15) is 34.4 Å². The number of carbonyl (C=O) groups excluding carboxylic acids is 2. The van der Waals surface area contributed by atoms with Crippen LogP contribution >= 0.6 is 93.6 Å². The topological polar surface area (TPSA) is 286 Å². The number of esters is 2. The van der Waals surface area contributed by atoms with Gasteiger partial charge in [-0.1, -0.05) is 103 Å². The molecule has 0 unspecified atom stereocenters. The van der Waals surface area contributed by atoms with Crippen LogP contribution in [0.3, 0.4) is 0 Å². The maximum atomic E-state index is 12.8. The van der Waals surface area contributed by atoms with Crippen LogP contribution in [0.5, 0.6) is 0 Å². The number of methoxy groups -OCH3 is 2. The van der Waals surface area contributed by atoms with Gasteiger partial charge in [0, 0.05) is 101 Å². The molecule has 3 saturated heterocycles. The summed E-state index contributed by atoms with van der Waals surface area (Å²) in [6.07, 6.45) is 13.1. The van der Waals surface area contributed by atoms with Crippen LogP contribution in [0.15, 0.2) is 123 Å². The molecule has 2 N–H and O–H groups in total. The number of carboxylic acid groups (broad SMARTS) is 1. The van der Waals surface area contributed by atoms with Crippen LogP contribution in [-0.2, 0) is 43.5 Å². The lowest BCUT2D eigenvalue weighted by atomic mass is 10.0. The minimum absolute atomic E-state index is 0. The Morgan fingerprint density at radius 1 is 0.500 bits per heavy atom. The Morgan fingerprint density at radius 3 is 1.18 bits per heavy atom. The summed E-state index contributed by atoms with van der Waals surface area (Å²) >= 11 is 38.7. The summed E-state index contributed by atoms with van der Waals surface area (Å²) in [6.45, 7) is 3.90. The number of rotatable bonds is 20. The van der Waals surface area contributed by atoms with E-state index in [2.05, 4.69) is 47.5 Å². The summed E-state index contributed by atoms with van der Waals surface area (Å²) in [5.41, 5.74) is 10.0. The third-order valence-electron chi connectivity index (χ3n) is 22.5. The van der Waals surface area contributed by atoms with Crippen molar-refractivity contribution in [1.82, 2.24) is 20.8 Å². The van der Waals surface area contributed by atoms with Gasteiger partial charge in [0.1, 0.15) is 58.4 Å². The largest absolute Gasteiger partial charge is 0.478 e. The van der Waals surface area contributed by atoms with Gasteiger partial charge in [0.2, 0.25) is 0 Å². The van der Waals surface area contributed by atoms with E-state index in [1.54, 1.807) is 60.7 Å². The monoisotopic (exact) mass is 1750 g/mol. The second-order valence-corrected chi connectivity index (χ2v) is 31.9. The van der Waals surface area contributed by atoms with E-state index in [-0.39, 0.29) is 65.0 Å². The molecule has 9 aromatic rings. The van der Waals surface area contributed by atoms with Crippen molar-refractivity contribution in [2.45, 2.75) is 151 Å². The first-order valence-corrected chi connectivity index (χ1v) is 39.2. The molecule has 6 aliphatic carbocycles. The number of nitrogens with one attached hydrogen (secondary N) is 1. The van der Waals surface area contributed by atoms with Gasteiger partial charge in [0.15, 0.2) is 0 Å². The van der Waals surface area contributed by atoms with Gasteiger partial charge in [-0.25, -0.2) is 18.8 Å². The van der Waals surface area contributed by atoms with Crippen LogP contribution in [0.25, 0.3) is 33.8 Å². The second-order valence-electron chi connectivity index (χ2n) is 29.5. The molecule has 112 heavy (non-hydrogen) atoms. The number of aromatic carboxylic acids is 1. The molecule has 0 amide bonds. The number of ether oxygens (including phenoxy) is 5. The van der Waals surface area contributed by atoms with Crippen molar-refractivity contribution in [2.24, 2.45) is 17.8 Å². The lowest BCUT2D eigenvalue weighted by Gasteiger charge is -2.33. The van der Waals surface area contributed by atoms with Crippen LogP contribution in [0.4, 0.5) is 15.8 Å². The van der Waals surface area contributed by atoms with Crippen LogP contribution in [0.2, 0.25) is 30.1 Å². The molecule has 18 rings (SSSR count). The predicted molar refractivity (Wildman–Crippen MR) is 428 cm³/mol. The molecular formula is C83H75Cl6FIN9O12. The van der Waals surface area contributed by atoms with Gasteiger partial charge >= 0.3 is 17.9 Å². The number of hydrogen-bond donors (Lipinski definition) is 2. The number of carbonyl (C=O) groups is 3. The summed E-state index contributed by atoms with van der Waals surface area (Å²) in [6, 6.07) is 36.9. The van der Waals surface area contributed by atoms with Crippen LogP contribution in [-0.4, -0.2) is 109 Å². The first kappa shape index (κ1) is 80.3. The predicted octanol–water partition coefficient (Wildman–Crippen LogP) is 19.5. The van der Waals surface area contributed by atoms with Crippen molar-refractivity contribution in [3.8, 4) is 52.0 Å². The molecule has 3 aliphatic heterocycles. The van der Waals surface area contributed by atoms with Crippen molar-refractivity contribution in [2.75, 3.05) is 43.7 Å². The number of benzene rings is 6. The fraction of sp³-hybridized carbons (Fsp3) is 0.386. The Morgan fingerprint density at radius 2 is 0.857 bits per heavy atom. The van der Waals surface area contributed by atoms with E-state index in [0.29, 0.717) is 137 Å². The van der Waals surface area contributed by atoms with E-state index >= 15 is 0 Å². The summed E-state index contributed by atoms with van der Waals surface area (Å²) in [4.78, 5) is 38.6. The Labute approximate surface area is 692 Å². The lowest BCUT2D eigenvalue weighted by molar-refractivity contribution is 0.00912. The van der Waals surface area contributed by atoms with Crippen molar-refractivity contribution >= 4 is 123 Å². The Balaban J connectivity index is 0.000000130. The minimum Gasteiger partial charge on any atom is -0.478 e. The molecule has 6 aromatic carbocycles. The molecule has 0 radical (unpaired) electrons. The zero-order chi connectivity index (χ0) is 77.5. The molecule has 6 saturated carbocycles. The fourth-order valence-electron chi connectivity index (χ4n) is 16.5. The quantitative estimate of drug-likeness (QED) is 0.0529. The molecule has 29 heteroatoms. The summed E-state index contributed by atoms with van der Waals surface area (Å²) in [5.74, 6) is 2.45.